The summed E-state index contributed by atoms with van der Waals surface area (Å²) in [6.45, 7) is 7.53. The van der Waals surface area contributed by atoms with Crippen LogP contribution in [0.1, 0.15) is 13.8 Å². The van der Waals surface area contributed by atoms with Crippen molar-refractivity contribution in [2.24, 2.45) is 5.92 Å². The summed E-state index contributed by atoms with van der Waals surface area (Å²) in [6.07, 6.45) is 0. The first-order valence-corrected chi connectivity index (χ1v) is 9.81. The molecule has 0 spiro atoms. The molecule has 23 heavy (non-hydrogen) atoms. The topological polar surface area (TPSA) is 58.6 Å². The Hall–Kier alpha value is -0.370. The minimum Gasteiger partial charge on any atom is -0.379 e. The van der Waals surface area contributed by atoms with E-state index in [1.807, 2.05) is 0 Å². The molecule has 0 aromatic heterocycles. The normalized spacial score (nSPS) is 18.3. The predicted octanol–water partition coefficient (Wildman–Crippen LogP) is 2.63. The maximum absolute atomic E-state index is 12.4. The van der Waals surface area contributed by atoms with Crippen molar-refractivity contribution in [3.63, 3.8) is 0 Å². The maximum Gasteiger partial charge on any atom is 0.240 e. The van der Waals surface area contributed by atoms with Crippen molar-refractivity contribution >= 4 is 33.2 Å². The summed E-state index contributed by atoms with van der Waals surface area (Å²) in [5.74, 6) is 0.324. The van der Waals surface area contributed by atoms with Crippen molar-refractivity contribution in [2.45, 2.75) is 24.8 Å². The molecule has 8 heteroatoms. The van der Waals surface area contributed by atoms with Gasteiger partial charge in [0.15, 0.2) is 0 Å². The molecule has 0 aliphatic carbocycles. The van der Waals surface area contributed by atoms with Gasteiger partial charge >= 0.3 is 0 Å². The van der Waals surface area contributed by atoms with Crippen molar-refractivity contribution in [2.75, 3.05) is 32.8 Å². The van der Waals surface area contributed by atoms with Crippen LogP contribution in [0.25, 0.3) is 0 Å². The highest BCUT2D eigenvalue weighted by Gasteiger charge is 2.26. The third kappa shape index (κ3) is 5.05. The molecule has 1 N–H and O–H groups in total. The van der Waals surface area contributed by atoms with Gasteiger partial charge < -0.3 is 4.74 Å². The molecule has 0 radical (unpaired) electrons. The van der Waals surface area contributed by atoms with Gasteiger partial charge in [0.25, 0.3) is 0 Å². The number of ether oxygens (including phenoxy) is 1. The van der Waals surface area contributed by atoms with Crippen LogP contribution in [0.4, 0.5) is 0 Å². The van der Waals surface area contributed by atoms with E-state index in [1.165, 1.54) is 18.2 Å². The van der Waals surface area contributed by atoms with Crippen LogP contribution in [0.5, 0.6) is 0 Å². The standard InChI is InChI=1S/C15H22Cl2N2O3S/c1-11(2)15(19-5-7-22-8-6-19)10-18-23(20,21)12-3-4-13(16)14(17)9-12/h3-4,9,11,15,18H,5-8,10H2,1-2H3. The van der Waals surface area contributed by atoms with Crippen LogP contribution in [-0.2, 0) is 14.8 Å². The molecule has 1 aromatic rings. The average Bonchev–Trinajstić information content (AvgIpc) is 2.50. The molecule has 130 valence electrons. The van der Waals surface area contributed by atoms with E-state index < -0.39 is 10.0 Å². The smallest absolute Gasteiger partial charge is 0.240 e. The molecule has 1 aromatic carbocycles. The Morgan fingerprint density at radius 2 is 1.87 bits per heavy atom. The first-order valence-electron chi connectivity index (χ1n) is 7.58. The first-order chi connectivity index (χ1) is 10.8. The Morgan fingerprint density at radius 1 is 1.22 bits per heavy atom. The maximum atomic E-state index is 12.4. The number of morpholine rings is 1. The molecule has 1 unspecified atom stereocenters. The van der Waals surface area contributed by atoms with Gasteiger partial charge in [0.2, 0.25) is 10.0 Å². The Bertz CT molecular complexity index is 632. The Kier molecular flexibility index (Phi) is 6.71. The molecular formula is C15H22Cl2N2O3S. The lowest BCUT2D eigenvalue weighted by molar-refractivity contribution is 0.00776. The average molecular weight is 381 g/mol. The van der Waals surface area contributed by atoms with Crippen LogP contribution in [-0.4, -0.2) is 52.2 Å². The first kappa shape index (κ1) is 19.0. The number of hydrogen-bond donors (Lipinski definition) is 1. The molecule has 2 rings (SSSR count). The van der Waals surface area contributed by atoms with Gasteiger partial charge in [-0.1, -0.05) is 37.0 Å². The fraction of sp³-hybridized carbons (Fsp3) is 0.600. The molecule has 0 bridgehead atoms. The van der Waals surface area contributed by atoms with Gasteiger partial charge in [-0.2, -0.15) is 0 Å². The van der Waals surface area contributed by atoms with E-state index in [0.717, 1.165) is 13.1 Å². The van der Waals surface area contributed by atoms with E-state index in [0.29, 0.717) is 30.7 Å². The minimum absolute atomic E-state index is 0.122. The van der Waals surface area contributed by atoms with Crippen LogP contribution in [0.3, 0.4) is 0 Å². The van der Waals surface area contributed by atoms with Crippen LogP contribution < -0.4 is 4.72 Å². The fourth-order valence-corrected chi connectivity index (χ4v) is 4.06. The van der Waals surface area contributed by atoms with E-state index in [1.54, 1.807) is 0 Å². The molecule has 1 aliphatic heterocycles. The molecule has 5 nitrogen and oxygen atoms in total. The number of nitrogens with one attached hydrogen (secondary N) is 1. The van der Waals surface area contributed by atoms with E-state index in [9.17, 15) is 8.42 Å². The summed E-state index contributed by atoms with van der Waals surface area (Å²) < 4.78 is 32.9. The number of halogens is 2. The molecule has 1 saturated heterocycles. The Balaban J connectivity index is 2.07. The molecule has 0 amide bonds. The van der Waals surface area contributed by atoms with Gasteiger partial charge in [-0.25, -0.2) is 13.1 Å². The van der Waals surface area contributed by atoms with Crippen LogP contribution in [0.2, 0.25) is 10.0 Å². The van der Waals surface area contributed by atoms with Gasteiger partial charge in [0, 0.05) is 25.7 Å². The third-order valence-corrected chi connectivity index (χ3v) is 6.13. The fourth-order valence-electron chi connectivity index (χ4n) is 2.62. The molecule has 1 fully saturated rings. The second-order valence-corrected chi connectivity index (χ2v) is 8.47. The zero-order valence-corrected chi connectivity index (χ0v) is 15.6. The monoisotopic (exact) mass is 380 g/mol. The summed E-state index contributed by atoms with van der Waals surface area (Å²) in [5, 5.41) is 0.558. The second kappa shape index (κ2) is 8.14. The number of rotatable bonds is 6. The number of benzene rings is 1. The van der Waals surface area contributed by atoms with Gasteiger partial charge in [0.1, 0.15) is 0 Å². The highest BCUT2D eigenvalue weighted by molar-refractivity contribution is 7.89. The molecule has 1 heterocycles. The van der Waals surface area contributed by atoms with Gasteiger partial charge in [-0.15, -0.1) is 0 Å². The largest absolute Gasteiger partial charge is 0.379 e. The zero-order valence-electron chi connectivity index (χ0n) is 13.3. The summed E-state index contributed by atoms with van der Waals surface area (Å²) in [4.78, 5) is 2.39. The molecule has 1 aliphatic rings. The van der Waals surface area contributed by atoms with Crippen LogP contribution in [0, 0.1) is 5.92 Å². The van der Waals surface area contributed by atoms with Crippen molar-refractivity contribution in [1.82, 2.24) is 9.62 Å². The lowest BCUT2D eigenvalue weighted by Crippen LogP contribution is -2.51. The third-order valence-electron chi connectivity index (χ3n) is 3.97. The number of nitrogens with zero attached hydrogens (tertiary/aromatic N) is 1. The highest BCUT2D eigenvalue weighted by Crippen LogP contribution is 2.24. The summed E-state index contributed by atoms with van der Waals surface area (Å²) in [7, 11) is -3.62. The Morgan fingerprint density at radius 3 is 2.43 bits per heavy atom. The van der Waals surface area contributed by atoms with Gasteiger partial charge in [-0.05, 0) is 24.1 Å². The zero-order chi connectivity index (χ0) is 17.0. The van der Waals surface area contributed by atoms with Gasteiger partial charge in [0.05, 0.1) is 28.2 Å². The molecular weight excluding hydrogens is 359 g/mol. The van der Waals surface area contributed by atoms with E-state index in [-0.39, 0.29) is 16.0 Å². The van der Waals surface area contributed by atoms with E-state index in [4.69, 9.17) is 27.9 Å². The number of hydrogen-bond acceptors (Lipinski definition) is 4. The van der Waals surface area contributed by atoms with Crippen LogP contribution >= 0.6 is 23.2 Å². The van der Waals surface area contributed by atoms with E-state index in [2.05, 4.69) is 23.5 Å². The summed E-state index contributed by atoms with van der Waals surface area (Å²) in [5.41, 5.74) is 0. The van der Waals surface area contributed by atoms with E-state index >= 15 is 0 Å². The van der Waals surface area contributed by atoms with Crippen molar-refractivity contribution in [3.05, 3.63) is 28.2 Å². The van der Waals surface area contributed by atoms with Crippen molar-refractivity contribution < 1.29 is 13.2 Å². The van der Waals surface area contributed by atoms with Gasteiger partial charge in [-0.3, -0.25) is 4.90 Å². The second-order valence-electron chi connectivity index (χ2n) is 5.89. The lowest BCUT2D eigenvalue weighted by atomic mass is 10.0. The predicted molar refractivity (Wildman–Crippen MR) is 92.7 cm³/mol. The van der Waals surface area contributed by atoms with Crippen molar-refractivity contribution in [3.8, 4) is 0 Å². The SMILES string of the molecule is CC(C)C(CNS(=O)(=O)c1ccc(Cl)c(Cl)c1)N1CCOCC1. The van der Waals surface area contributed by atoms with Crippen LogP contribution in [0.15, 0.2) is 23.1 Å². The quantitative estimate of drug-likeness (QED) is 0.823. The highest BCUT2D eigenvalue weighted by atomic mass is 35.5. The Labute approximate surface area is 148 Å². The molecule has 1 atom stereocenters. The minimum atomic E-state index is -3.62. The summed E-state index contributed by atoms with van der Waals surface area (Å²) in [6, 6.07) is 4.43. The number of sulfonamides is 1. The molecule has 0 saturated carbocycles. The lowest BCUT2D eigenvalue weighted by Gasteiger charge is -2.36. The summed E-state index contributed by atoms with van der Waals surface area (Å²) >= 11 is 11.7. The van der Waals surface area contributed by atoms with Crippen molar-refractivity contribution in [1.29, 1.82) is 0 Å².